The van der Waals surface area contributed by atoms with Gasteiger partial charge >= 0.3 is 0 Å². The average Bonchev–Trinajstić information content (AvgIpc) is 2.54. The van der Waals surface area contributed by atoms with Crippen LogP contribution in [0.3, 0.4) is 0 Å². The highest BCUT2D eigenvalue weighted by Gasteiger charge is 2.22. The maximum absolute atomic E-state index is 12.4. The van der Waals surface area contributed by atoms with Crippen LogP contribution >= 0.6 is 0 Å². The van der Waals surface area contributed by atoms with E-state index in [1.54, 1.807) is 0 Å². The van der Waals surface area contributed by atoms with Crippen molar-refractivity contribution in [3.8, 4) is 23.0 Å². The lowest BCUT2D eigenvalue weighted by atomic mass is 10.0. The normalized spacial score (nSPS) is 12.2. The first-order valence-electron chi connectivity index (χ1n) is 7.17. The summed E-state index contributed by atoms with van der Waals surface area (Å²) in [4.78, 5) is 19.7. The van der Waals surface area contributed by atoms with Crippen LogP contribution in [-0.2, 0) is 6.42 Å². The number of hydrogen-bond donors (Lipinski definition) is 1. The molecule has 2 heterocycles. The minimum atomic E-state index is -0.143. The molecule has 4 nitrogen and oxygen atoms in total. The second-order valence-electron chi connectivity index (χ2n) is 5.45. The molecular formula is C18H14N2O2. The molecular weight excluding hydrogens is 276 g/mol. The van der Waals surface area contributed by atoms with Crippen molar-refractivity contribution in [2.45, 2.75) is 13.3 Å². The van der Waals surface area contributed by atoms with Crippen molar-refractivity contribution in [3.63, 3.8) is 0 Å². The predicted molar refractivity (Wildman–Crippen MR) is 84.4 cm³/mol. The van der Waals surface area contributed by atoms with E-state index in [0.717, 1.165) is 22.4 Å². The Labute approximate surface area is 127 Å². The molecule has 22 heavy (non-hydrogen) atoms. The number of aromatic amines is 1. The van der Waals surface area contributed by atoms with Crippen LogP contribution < -0.4 is 10.3 Å². The zero-order valence-electron chi connectivity index (χ0n) is 12.1. The van der Waals surface area contributed by atoms with Crippen molar-refractivity contribution in [1.29, 1.82) is 0 Å². The molecule has 0 saturated carbocycles. The van der Waals surface area contributed by atoms with Crippen LogP contribution in [0.5, 0.6) is 11.6 Å². The zero-order chi connectivity index (χ0) is 15.1. The number of benzene rings is 2. The molecule has 1 aliphatic heterocycles. The van der Waals surface area contributed by atoms with Crippen molar-refractivity contribution < 1.29 is 4.74 Å². The number of aromatic nitrogens is 2. The summed E-state index contributed by atoms with van der Waals surface area (Å²) in [6, 6.07) is 15.5. The molecule has 0 radical (unpaired) electrons. The minimum absolute atomic E-state index is 0.143. The highest BCUT2D eigenvalue weighted by atomic mass is 16.5. The smallest absolute Gasteiger partial charge is 0.258 e. The van der Waals surface area contributed by atoms with Crippen molar-refractivity contribution in [2.24, 2.45) is 0 Å². The van der Waals surface area contributed by atoms with Crippen LogP contribution in [0, 0.1) is 6.92 Å². The van der Waals surface area contributed by atoms with E-state index < -0.39 is 0 Å². The van der Waals surface area contributed by atoms with E-state index in [0.29, 0.717) is 23.7 Å². The Hall–Kier alpha value is -2.88. The number of H-pyrrole nitrogens is 1. The highest BCUT2D eigenvalue weighted by molar-refractivity contribution is 5.57. The Morgan fingerprint density at radius 3 is 2.77 bits per heavy atom. The van der Waals surface area contributed by atoms with E-state index in [1.165, 1.54) is 0 Å². The standard InChI is InChI=1S/C18H14N2O2/c1-11-7-8-15-13(9-11)10-14-17(21)19-16(20-18(14)22-15)12-5-3-2-4-6-12/h2-9H,10H2,1H3,(H,19,20,21). The lowest BCUT2D eigenvalue weighted by Gasteiger charge is -2.19. The summed E-state index contributed by atoms with van der Waals surface area (Å²) in [7, 11) is 0. The fourth-order valence-corrected chi connectivity index (χ4v) is 2.69. The molecule has 1 aliphatic rings. The van der Waals surface area contributed by atoms with Gasteiger partial charge in [0.2, 0.25) is 5.88 Å². The molecule has 4 heteroatoms. The summed E-state index contributed by atoms with van der Waals surface area (Å²) in [6.07, 6.45) is 0.545. The summed E-state index contributed by atoms with van der Waals surface area (Å²) < 4.78 is 5.84. The van der Waals surface area contributed by atoms with Gasteiger partial charge in [-0.1, -0.05) is 48.0 Å². The third-order valence-electron chi connectivity index (χ3n) is 3.81. The van der Waals surface area contributed by atoms with Crippen LogP contribution in [0.1, 0.15) is 16.7 Å². The van der Waals surface area contributed by atoms with Gasteiger partial charge in [0, 0.05) is 12.0 Å². The highest BCUT2D eigenvalue weighted by Crippen LogP contribution is 2.34. The zero-order valence-corrected chi connectivity index (χ0v) is 12.1. The minimum Gasteiger partial charge on any atom is -0.438 e. The Morgan fingerprint density at radius 1 is 1.14 bits per heavy atom. The van der Waals surface area contributed by atoms with Gasteiger partial charge < -0.3 is 9.72 Å². The molecule has 0 atom stereocenters. The van der Waals surface area contributed by atoms with E-state index in [-0.39, 0.29) is 5.56 Å². The number of fused-ring (bicyclic) bond motifs is 2. The number of rotatable bonds is 1. The Bertz CT molecular complexity index is 914. The van der Waals surface area contributed by atoms with Crippen LogP contribution in [0.2, 0.25) is 0 Å². The number of hydrogen-bond acceptors (Lipinski definition) is 3. The van der Waals surface area contributed by atoms with Crippen LogP contribution in [0.25, 0.3) is 11.4 Å². The second kappa shape index (κ2) is 4.84. The summed E-state index contributed by atoms with van der Waals surface area (Å²) in [6.45, 7) is 2.02. The third-order valence-corrected chi connectivity index (χ3v) is 3.81. The quantitative estimate of drug-likeness (QED) is 0.584. The van der Waals surface area contributed by atoms with Gasteiger partial charge in [-0.05, 0) is 18.6 Å². The predicted octanol–water partition coefficient (Wildman–Crippen LogP) is 3.44. The van der Waals surface area contributed by atoms with Crippen molar-refractivity contribution in [3.05, 3.63) is 75.6 Å². The van der Waals surface area contributed by atoms with Gasteiger partial charge in [0.05, 0.1) is 5.56 Å². The first-order valence-corrected chi connectivity index (χ1v) is 7.17. The van der Waals surface area contributed by atoms with Gasteiger partial charge in [-0.3, -0.25) is 4.79 Å². The largest absolute Gasteiger partial charge is 0.438 e. The molecule has 0 amide bonds. The summed E-state index contributed by atoms with van der Waals surface area (Å²) in [5.41, 5.74) is 3.47. The maximum Gasteiger partial charge on any atom is 0.258 e. The van der Waals surface area contributed by atoms with Crippen LogP contribution in [0.4, 0.5) is 0 Å². The van der Waals surface area contributed by atoms with Crippen molar-refractivity contribution in [2.75, 3.05) is 0 Å². The molecule has 3 aromatic rings. The van der Waals surface area contributed by atoms with Gasteiger partial charge in [-0.25, -0.2) is 0 Å². The fraction of sp³-hybridized carbons (Fsp3) is 0.111. The number of ether oxygens (including phenoxy) is 1. The first-order chi connectivity index (χ1) is 10.7. The molecule has 2 aromatic carbocycles. The van der Waals surface area contributed by atoms with Gasteiger partial charge in [-0.2, -0.15) is 4.98 Å². The molecule has 0 spiro atoms. The summed E-state index contributed by atoms with van der Waals surface area (Å²) in [5.74, 6) is 1.70. The fourth-order valence-electron chi connectivity index (χ4n) is 2.69. The van der Waals surface area contributed by atoms with E-state index in [1.807, 2.05) is 55.5 Å². The average molecular weight is 290 g/mol. The van der Waals surface area contributed by atoms with E-state index in [2.05, 4.69) is 9.97 Å². The number of aryl methyl sites for hydroxylation is 1. The molecule has 1 aromatic heterocycles. The van der Waals surface area contributed by atoms with Gasteiger partial charge in [0.15, 0.2) is 0 Å². The molecule has 4 rings (SSSR count). The van der Waals surface area contributed by atoms with Crippen LogP contribution in [0.15, 0.2) is 53.3 Å². The molecule has 0 saturated heterocycles. The molecule has 0 aliphatic carbocycles. The van der Waals surface area contributed by atoms with Gasteiger partial charge in [-0.15, -0.1) is 0 Å². The molecule has 108 valence electrons. The van der Waals surface area contributed by atoms with Gasteiger partial charge in [0.1, 0.15) is 11.6 Å². The van der Waals surface area contributed by atoms with Crippen molar-refractivity contribution >= 4 is 0 Å². The maximum atomic E-state index is 12.4. The summed E-state index contributed by atoms with van der Waals surface area (Å²) in [5, 5.41) is 0. The van der Waals surface area contributed by atoms with Gasteiger partial charge in [0.25, 0.3) is 5.56 Å². The van der Waals surface area contributed by atoms with E-state index in [4.69, 9.17) is 4.74 Å². The number of nitrogens with one attached hydrogen (secondary N) is 1. The number of nitrogens with zero attached hydrogens (tertiary/aromatic N) is 1. The topological polar surface area (TPSA) is 55.0 Å². The monoisotopic (exact) mass is 290 g/mol. The van der Waals surface area contributed by atoms with E-state index >= 15 is 0 Å². The Balaban J connectivity index is 1.83. The van der Waals surface area contributed by atoms with Crippen LogP contribution in [-0.4, -0.2) is 9.97 Å². The Kier molecular flexibility index (Phi) is 2.82. The molecule has 0 unspecified atom stereocenters. The molecule has 0 fully saturated rings. The molecule has 1 N–H and O–H groups in total. The molecule has 0 bridgehead atoms. The second-order valence-corrected chi connectivity index (χ2v) is 5.45. The third kappa shape index (κ3) is 2.09. The summed E-state index contributed by atoms with van der Waals surface area (Å²) >= 11 is 0. The SMILES string of the molecule is Cc1ccc2c(c1)Cc1c(nc(-c3ccccc3)[nH]c1=O)O2. The van der Waals surface area contributed by atoms with E-state index in [9.17, 15) is 4.79 Å². The first kappa shape index (κ1) is 12.8. The Morgan fingerprint density at radius 2 is 1.95 bits per heavy atom. The van der Waals surface area contributed by atoms with Crippen molar-refractivity contribution in [1.82, 2.24) is 9.97 Å². The lowest BCUT2D eigenvalue weighted by molar-refractivity contribution is 0.438. The lowest BCUT2D eigenvalue weighted by Crippen LogP contribution is -2.20.